The number of carbonyl (C=O) groups excluding carboxylic acids is 1. The molecule has 164 valence electrons. The van der Waals surface area contributed by atoms with Gasteiger partial charge in [0.2, 0.25) is 11.7 Å². The molecule has 4 rings (SSSR count). The zero-order chi connectivity index (χ0) is 22.3. The lowest BCUT2D eigenvalue weighted by Gasteiger charge is -2.28. The molecule has 31 heavy (non-hydrogen) atoms. The first-order valence-corrected chi connectivity index (χ1v) is 10.3. The molecular formula is C22H26FN5O3. The van der Waals surface area contributed by atoms with E-state index in [1.54, 1.807) is 20.8 Å². The van der Waals surface area contributed by atoms with Crippen molar-refractivity contribution in [3.63, 3.8) is 0 Å². The van der Waals surface area contributed by atoms with Gasteiger partial charge in [0.05, 0.1) is 17.6 Å². The predicted molar refractivity (Wildman–Crippen MR) is 113 cm³/mol. The summed E-state index contributed by atoms with van der Waals surface area (Å²) in [6, 6.07) is 6.00. The molecule has 2 aromatic heterocycles. The Morgan fingerprint density at radius 3 is 2.77 bits per heavy atom. The second-order valence-electron chi connectivity index (χ2n) is 8.94. The van der Waals surface area contributed by atoms with E-state index in [-0.39, 0.29) is 11.9 Å². The number of aromatic nitrogens is 4. The summed E-state index contributed by atoms with van der Waals surface area (Å²) >= 11 is 0. The molecule has 0 fully saturated rings. The Morgan fingerprint density at radius 1 is 1.32 bits per heavy atom. The first-order valence-electron chi connectivity index (χ1n) is 10.3. The number of carbonyl (C=O) groups is 1. The molecule has 0 bridgehead atoms. The van der Waals surface area contributed by atoms with E-state index in [2.05, 4.69) is 29.1 Å². The van der Waals surface area contributed by atoms with Gasteiger partial charge in [0.15, 0.2) is 0 Å². The molecule has 0 aliphatic carbocycles. The maximum absolute atomic E-state index is 14.8. The largest absolute Gasteiger partial charge is 0.443 e. The van der Waals surface area contributed by atoms with Crippen LogP contribution in [0.3, 0.4) is 0 Å². The van der Waals surface area contributed by atoms with Gasteiger partial charge in [-0.05, 0) is 47.1 Å². The molecule has 8 nitrogen and oxygen atoms in total. The molecule has 3 heterocycles. The van der Waals surface area contributed by atoms with Gasteiger partial charge < -0.3 is 9.26 Å². The van der Waals surface area contributed by atoms with Crippen molar-refractivity contribution in [3.05, 3.63) is 42.3 Å². The molecule has 1 aliphatic rings. The first-order chi connectivity index (χ1) is 14.6. The van der Waals surface area contributed by atoms with Crippen LogP contribution in [-0.4, -0.2) is 43.1 Å². The topological polar surface area (TPSA) is 86.3 Å². The Hall–Kier alpha value is -3.23. The average molecular weight is 427 g/mol. The molecule has 3 aromatic rings. The lowest BCUT2D eigenvalue weighted by Crippen LogP contribution is -2.36. The van der Waals surface area contributed by atoms with E-state index in [0.29, 0.717) is 18.8 Å². The van der Waals surface area contributed by atoms with Crippen LogP contribution < -0.4 is 0 Å². The molecule has 0 spiro atoms. The first kappa shape index (κ1) is 21.0. The summed E-state index contributed by atoms with van der Waals surface area (Å²) in [4.78, 5) is 17.8. The Labute approximate surface area is 179 Å². The van der Waals surface area contributed by atoms with Crippen molar-refractivity contribution in [3.8, 4) is 11.4 Å². The van der Waals surface area contributed by atoms with Crippen molar-refractivity contribution >= 4 is 17.0 Å². The number of benzene rings is 1. The Balaban J connectivity index is 1.55. The van der Waals surface area contributed by atoms with Crippen LogP contribution in [0, 0.1) is 0 Å². The van der Waals surface area contributed by atoms with E-state index >= 15 is 0 Å². The minimum Gasteiger partial charge on any atom is -0.443 e. The number of rotatable bonds is 3. The van der Waals surface area contributed by atoms with Crippen LogP contribution >= 0.6 is 0 Å². The summed E-state index contributed by atoms with van der Waals surface area (Å²) in [5, 5.41) is 9.48. The van der Waals surface area contributed by atoms with Crippen molar-refractivity contribution in [1.29, 1.82) is 0 Å². The molecule has 0 saturated heterocycles. The van der Waals surface area contributed by atoms with Crippen LogP contribution in [0.2, 0.25) is 0 Å². The fourth-order valence-corrected chi connectivity index (χ4v) is 3.50. The third-order valence-corrected chi connectivity index (χ3v) is 4.98. The van der Waals surface area contributed by atoms with E-state index in [9.17, 15) is 9.18 Å². The van der Waals surface area contributed by atoms with E-state index in [0.717, 1.165) is 22.7 Å². The maximum Gasteiger partial charge on any atom is 0.414 e. The van der Waals surface area contributed by atoms with Crippen molar-refractivity contribution in [1.82, 2.24) is 24.8 Å². The number of hydrogen-bond donors (Lipinski definition) is 0. The lowest BCUT2D eigenvalue weighted by molar-refractivity contribution is 0.0312. The highest BCUT2D eigenvalue weighted by Crippen LogP contribution is 2.34. The fourth-order valence-electron chi connectivity index (χ4n) is 3.50. The molecule has 1 atom stereocenters. The van der Waals surface area contributed by atoms with Crippen LogP contribution in [0.1, 0.15) is 58.9 Å². The molecule has 1 aliphatic heterocycles. The van der Waals surface area contributed by atoms with Crippen LogP contribution in [0.4, 0.5) is 9.18 Å². The zero-order valence-electron chi connectivity index (χ0n) is 18.3. The number of nitrogens with zero attached hydrogens (tertiary/aromatic N) is 5. The highest BCUT2D eigenvalue weighted by atomic mass is 19.1. The minimum atomic E-state index is -0.690. The summed E-state index contributed by atoms with van der Waals surface area (Å²) in [5.41, 5.74) is 1.09. The van der Waals surface area contributed by atoms with E-state index < -0.39 is 23.4 Å². The monoisotopic (exact) mass is 427 g/mol. The summed E-state index contributed by atoms with van der Waals surface area (Å²) < 4.78 is 27.4. The second-order valence-corrected chi connectivity index (χ2v) is 8.94. The number of amides is 1. The quantitative estimate of drug-likeness (QED) is 0.571. The van der Waals surface area contributed by atoms with Gasteiger partial charge in [-0.2, -0.15) is 10.1 Å². The predicted octanol–water partition coefficient (Wildman–Crippen LogP) is 5.20. The number of fused-ring (bicyclic) bond motifs is 1. The van der Waals surface area contributed by atoms with Crippen LogP contribution in [0.15, 0.2) is 40.9 Å². The number of hydrogen-bond acceptors (Lipinski definition) is 6. The van der Waals surface area contributed by atoms with Gasteiger partial charge in [-0.1, -0.05) is 17.3 Å². The average Bonchev–Trinajstić information content (AvgIpc) is 3.33. The van der Waals surface area contributed by atoms with Crippen LogP contribution in [-0.2, 0) is 4.74 Å². The minimum absolute atomic E-state index is 0.185. The van der Waals surface area contributed by atoms with Crippen LogP contribution in [0.25, 0.3) is 22.3 Å². The zero-order valence-corrected chi connectivity index (χ0v) is 18.3. The standard InChI is InChI=1S/C22H26FN5O3/c1-13(2)28-18-10-14(6-7-15(18)11-24-28)19-25-20(31-26-19)16-8-9-27(12-17(16)23)21(29)30-22(3,4)5/h6-7,10-13,16H,8-9H2,1-5H3. The van der Waals surface area contributed by atoms with Gasteiger partial charge >= 0.3 is 6.09 Å². The smallest absolute Gasteiger partial charge is 0.414 e. The summed E-state index contributed by atoms with van der Waals surface area (Å²) in [5.74, 6) is -0.633. The molecule has 0 N–H and O–H groups in total. The van der Waals surface area contributed by atoms with Gasteiger partial charge in [-0.3, -0.25) is 9.58 Å². The number of allylic oxidation sites excluding steroid dienone is 1. The molecule has 9 heteroatoms. The van der Waals surface area contributed by atoms with Gasteiger partial charge in [-0.15, -0.1) is 0 Å². The number of halogens is 1. The van der Waals surface area contributed by atoms with E-state index in [1.165, 1.54) is 4.90 Å². The fraction of sp³-hybridized carbons (Fsp3) is 0.455. The van der Waals surface area contributed by atoms with Gasteiger partial charge in [0.25, 0.3) is 0 Å². The molecule has 1 unspecified atom stereocenters. The molecule has 0 saturated carbocycles. The van der Waals surface area contributed by atoms with Gasteiger partial charge in [-0.25, -0.2) is 9.18 Å². The van der Waals surface area contributed by atoms with E-state index in [1.807, 2.05) is 29.1 Å². The molecule has 0 radical (unpaired) electrons. The highest BCUT2D eigenvalue weighted by Gasteiger charge is 2.32. The summed E-state index contributed by atoms with van der Waals surface area (Å²) in [7, 11) is 0. The van der Waals surface area contributed by atoms with Crippen molar-refractivity contribution in [2.45, 2.75) is 58.6 Å². The lowest BCUT2D eigenvalue weighted by atomic mass is 10.0. The normalized spacial score (nSPS) is 17.3. The van der Waals surface area contributed by atoms with Gasteiger partial charge in [0, 0.05) is 29.7 Å². The molecular weight excluding hydrogens is 401 g/mol. The third-order valence-electron chi connectivity index (χ3n) is 4.98. The Bertz CT molecular complexity index is 1140. The Morgan fingerprint density at radius 2 is 2.10 bits per heavy atom. The third kappa shape index (κ3) is 4.30. The van der Waals surface area contributed by atoms with Gasteiger partial charge in [0.1, 0.15) is 11.4 Å². The van der Waals surface area contributed by atoms with Crippen LogP contribution in [0.5, 0.6) is 0 Å². The molecule has 1 amide bonds. The van der Waals surface area contributed by atoms with Crippen molar-refractivity contribution in [2.75, 3.05) is 6.54 Å². The molecule has 1 aromatic carbocycles. The highest BCUT2D eigenvalue weighted by molar-refractivity contribution is 5.83. The van der Waals surface area contributed by atoms with Crippen molar-refractivity contribution in [2.24, 2.45) is 0 Å². The summed E-state index contributed by atoms with van der Waals surface area (Å²) in [6.45, 7) is 9.72. The number of ether oxygens (including phenoxy) is 1. The van der Waals surface area contributed by atoms with E-state index in [4.69, 9.17) is 9.26 Å². The van der Waals surface area contributed by atoms with Crippen molar-refractivity contribution < 1.29 is 18.4 Å². The second kappa shape index (κ2) is 7.79. The summed E-state index contributed by atoms with van der Waals surface area (Å²) in [6.07, 6.45) is 2.71. The SMILES string of the molecule is CC(C)n1ncc2ccc(-c3noc(C4CCN(C(=O)OC(C)(C)C)C=C4F)n3)cc21. The Kier molecular flexibility index (Phi) is 5.28. The maximum atomic E-state index is 14.8.